The van der Waals surface area contributed by atoms with Gasteiger partial charge in [-0.2, -0.15) is 0 Å². The molecule has 2 atom stereocenters. The third-order valence-electron chi connectivity index (χ3n) is 3.22. The highest BCUT2D eigenvalue weighted by Crippen LogP contribution is 2.24. The van der Waals surface area contributed by atoms with E-state index in [4.69, 9.17) is 0 Å². The van der Waals surface area contributed by atoms with Crippen LogP contribution in [0.2, 0.25) is 0 Å². The van der Waals surface area contributed by atoms with E-state index in [0.717, 1.165) is 19.5 Å². The normalized spacial score (nSPS) is 26.2. The maximum Gasteiger partial charge on any atom is 0.317 e. The van der Waals surface area contributed by atoms with Gasteiger partial charge in [-0.15, -0.1) is 0 Å². The summed E-state index contributed by atoms with van der Waals surface area (Å²) >= 11 is 0. The first-order valence-corrected chi connectivity index (χ1v) is 5.74. The zero-order valence-corrected chi connectivity index (χ0v) is 9.55. The molecule has 0 radical (unpaired) electrons. The van der Waals surface area contributed by atoms with Gasteiger partial charge in [0.1, 0.15) is 0 Å². The van der Waals surface area contributed by atoms with Crippen molar-refractivity contribution in [1.29, 1.82) is 0 Å². The fourth-order valence-corrected chi connectivity index (χ4v) is 2.12. The van der Waals surface area contributed by atoms with Crippen LogP contribution in [0.5, 0.6) is 0 Å². The Balaban J connectivity index is 2.39. The molecule has 0 aromatic carbocycles. The zero-order chi connectivity index (χ0) is 10.6. The average Bonchev–Trinajstić information content (AvgIpc) is 2.54. The van der Waals surface area contributed by atoms with E-state index >= 15 is 0 Å². The van der Waals surface area contributed by atoms with Crippen LogP contribution >= 0.6 is 0 Å². The van der Waals surface area contributed by atoms with Gasteiger partial charge < -0.3 is 10.2 Å². The molecule has 1 aliphatic carbocycles. The number of urea groups is 1. The Morgan fingerprint density at radius 3 is 2.43 bits per heavy atom. The minimum Gasteiger partial charge on any atom is -0.335 e. The van der Waals surface area contributed by atoms with Crippen molar-refractivity contribution in [2.75, 3.05) is 13.1 Å². The Morgan fingerprint density at radius 1 is 1.36 bits per heavy atom. The molecule has 1 fully saturated rings. The molecular formula is C11H22N2O. The molecule has 1 saturated carbocycles. The molecule has 0 spiro atoms. The maximum atomic E-state index is 11.7. The third-order valence-corrected chi connectivity index (χ3v) is 3.22. The number of nitrogens with one attached hydrogen (secondary N) is 1. The molecule has 0 aromatic rings. The smallest absolute Gasteiger partial charge is 0.317 e. The predicted molar refractivity (Wildman–Crippen MR) is 58.3 cm³/mol. The first-order valence-electron chi connectivity index (χ1n) is 5.74. The van der Waals surface area contributed by atoms with Crippen LogP contribution in [0.25, 0.3) is 0 Å². The van der Waals surface area contributed by atoms with E-state index in [1.165, 1.54) is 12.8 Å². The van der Waals surface area contributed by atoms with Crippen LogP contribution in [0, 0.1) is 5.92 Å². The third kappa shape index (κ3) is 2.63. The number of hydrogen-bond acceptors (Lipinski definition) is 1. The minimum absolute atomic E-state index is 0.105. The average molecular weight is 198 g/mol. The van der Waals surface area contributed by atoms with Gasteiger partial charge in [-0.3, -0.25) is 0 Å². The van der Waals surface area contributed by atoms with Crippen molar-refractivity contribution in [2.24, 2.45) is 5.92 Å². The lowest BCUT2D eigenvalue weighted by Crippen LogP contribution is -2.45. The molecule has 3 heteroatoms. The van der Waals surface area contributed by atoms with Crippen molar-refractivity contribution in [3.05, 3.63) is 0 Å². The molecule has 82 valence electrons. The summed E-state index contributed by atoms with van der Waals surface area (Å²) in [7, 11) is 0. The summed E-state index contributed by atoms with van der Waals surface area (Å²) in [6, 6.07) is 0.511. The summed E-state index contributed by atoms with van der Waals surface area (Å²) in [5.74, 6) is 0.648. The van der Waals surface area contributed by atoms with Crippen LogP contribution < -0.4 is 5.32 Å². The summed E-state index contributed by atoms with van der Waals surface area (Å²) in [6.07, 6.45) is 3.65. The molecule has 0 aromatic heterocycles. The van der Waals surface area contributed by atoms with Crippen molar-refractivity contribution >= 4 is 6.03 Å². The molecule has 2 unspecified atom stereocenters. The number of carbonyl (C=O) groups excluding carboxylic acids is 1. The highest BCUT2D eigenvalue weighted by molar-refractivity contribution is 5.74. The fraction of sp³-hybridized carbons (Fsp3) is 0.909. The second-order valence-electron chi connectivity index (χ2n) is 4.14. The second-order valence-corrected chi connectivity index (χ2v) is 4.14. The van der Waals surface area contributed by atoms with Crippen molar-refractivity contribution in [3.8, 4) is 0 Å². The molecular weight excluding hydrogens is 176 g/mol. The molecule has 1 aliphatic rings. The van der Waals surface area contributed by atoms with Crippen LogP contribution in [-0.4, -0.2) is 30.1 Å². The van der Waals surface area contributed by atoms with Gasteiger partial charge in [-0.25, -0.2) is 4.79 Å². The van der Waals surface area contributed by atoms with E-state index in [9.17, 15) is 4.79 Å². The Kier molecular flexibility index (Phi) is 4.23. The Bertz CT molecular complexity index is 190. The number of nitrogens with zero attached hydrogens (tertiary/aromatic N) is 1. The van der Waals surface area contributed by atoms with Crippen molar-refractivity contribution in [3.63, 3.8) is 0 Å². The van der Waals surface area contributed by atoms with Gasteiger partial charge in [0.05, 0.1) is 0 Å². The highest BCUT2D eigenvalue weighted by atomic mass is 16.2. The van der Waals surface area contributed by atoms with Crippen molar-refractivity contribution in [1.82, 2.24) is 10.2 Å². The van der Waals surface area contributed by atoms with E-state index < -0.39 is 0 Å². The monoisotopic (exact) mass is 198 g/mol. The molecule has 0 heterocycles. The van der Waals surface area contributed by atoms with Crippen molar-refractivity contribution < 1.29 is 4.79 Å². The highest BCUT2D eigenvalue weighted by Gasteiger charge is 2.25. The maximum absolute atomic E-state index is 11.7. The fourth-order valence-electron chi connectivity index (χ4n) is 2.12. The van der Waals surface area contributed by atoms with Crippen molar-refractivity contribution in [2.45, 2.75) is 46.1 Å². The SMILES string of the molecule is CCN(CC)C(=O)NC1CCCC1C. The Morgan fingerprint density at radius 2 is 2.00 bits per heavy atom. The van der Waals surface area contributed by atoms with Crippen LogP contribution in [0.15, 0.2) is 0 Å². The molecule has 1 rings (SSSR count). The van der Waals surface area contributed by atoms with Gasteiger partial charge in [0.25, 0.3) is 0 Å². The van der Waals surface area contributed by atoms with Gasteiger partial charge in [0.15, 0.2) is 0 Å². The molecule has 0 aliphatic heterocycles. The number of amides is 2. The molecule has 0 saturated heterocycles. The standard InChI is InChI=1S/C11H22N2O/c1-4-13(5-2)11(14)12-10-8-6-7-9(10)3/h9-10H,4-8H2,1-3H3,(H,12,14). The number of carbonyl (C=O) groups is 1. The molecule has 2 amide bonds. The van der Waals surface area contributed by atoms with Gasteiger partial charge in [0.2, 0.25) is 0 Å². The second kappa shape index (κ2) is 5.23. The minimum atomic E-state index is 0.105. The Labute approximate surface area is 86.9 Å². The first-order chi connectivity index (χ1) is 6.69. The lowest BCUT2D eigenvalue weighted by atomic mass is 10.1. The summed E-state index contributed by atoms with van der Waals surface area (Å²) in [6.45, 7) is 7.84. The van der Waals surface area contributed by atoms with Crippen LogP contribution in [0.4, 0.5) is 4.79 Å². The van der Waals surface area contributed by atoms with Gasteiger partial charge in [-0.05, 0) is 32.6 Å². The van der Waals surface area contributed by atoms with Crippen LogP contribution in [0.1, 0.15) is 40.0 Å². The lowest BCUT2D eigenvalue weighted by Gasteiger charge is -2.24. The van der Waals surface area contributed by atoms with Gasteiger partial charge >= 0.3 is 6.03 Å². The molecule has 3 nitrogen and oxygen atoms in total. The van der Waals surface area contributed by atoms with E-state index in [1.54, 1.807) is 0 Å². The summed E-state index contributed by atoms with van der Waals surface area (Å²) < 4.78 is 0. The van der Waals surface area contributed by atoms with E-state index in [2.05, 4.69) is 12.2 Å². The summed E-state index contributed by atoms with van der Waals surface area (Å²) in [5, 5.41) is 3.12. The zero-order valence-electron chi connectivity index (χ0n) is 9.55. The predicted octanol–water partition coefficient (Wildman–Crippen LogP) is 2.23. The topological polar surface area (TPSA) is 32.3 Å². The van der Waals surface area contributed by atoms with E-state index in [0.29, 0.717) is 12.0 Å². The molecule has 0 bridgehead atoms. The van der Waals surface area contributed by atoms with Gasteiger partial charge in [-0.1, -0.05) is 13.3 Å². The summed E-state index contributed by atoms with van der Waals surface area (Å²) in [5.41, 5.74) is 0. The molecule has 1 N–H and O–H groups in total. The Hall–Kier alpha value is -0.730. The van der Waals surface area contributed by atoms with Gasteiger partial charge in [0, 0.05) is 19.1 Å². The number of rotatable bonds is 3. The largest absolute Gasteiger partial charge is 0.335 e. The van der Waals surface area contributed by atoms with Crippen LogP contribution in [0.3, 0.4) is 0 Å². The lowest BCUT2D eigenvalue weighted by molar-refractivity contribution is 0.196. The summed E-state index contributed by atoms with van der Waals surface area (Å²) in [4.78, 5) is 13.6. The number of hydrogen-bond donors (Lipinski definition) is 1. The quantitative estimate of drug-likeness (QED) is 0.741. The van der Waals surface area contributed by atoms with E-state index in [-0.39, 0.29) is 6.03 Å². The van der Waals surface area contributed by atoms with E-state index in [1.807, 2.05) is 18.7 Å². The van der Waals surface area contributed by atoms with Crippen LogP contribution in [-0.2, 0) is 0 Å². The molecule has 14 heavy (non-hydrogen) atoms. The first kappa shape index (κ1) is 11.3.